The Balaban J connectivity index is 1.03. The maximum absolute atomic E-state index is 12.3. The van der Waals surface area contributed by atoms with Crippen molar-refractivity contribution in [2.24, 2.45) is 11.5 Å². The number of hydrogen-bond acceptors (Lipinski definition) is 20. The van der Waals surface area contributed by atoms with E-state index in [9.17, 15) is 39.0 Å². The van der Waals surface area contributed by atoms with Crippen LogP contribution in [0.3, 0.4) is 0 Å². The number of phenols is 2. The van der Waals surface area contributed by atoms with E-state index in [-0.39, 0.29) is 217 Å². The molecule has 1 unspecified atom stereocenters. The molecular weight excluding hydrogens is 999 g/mol. The van der Waals surface area contributed by atoms with Gasteiger partial charge in [0.05, 0.1) is 85.0 Å². The molecule has 0 aliphatic heterocycles. The van der Waals surface area contributed by atoms with E-state index in [0.717, 1.165) is 11.1 Å². The maximum atomic E-state index is 12.3. The minimum absolute atomic E-state index is 0.0685. The summed E-state index contributed by atoms with van der Waals surface area (Å²) < 4.78 is 44.4. The van der Waals surface area contributed by atoms with Gasteiger partial charge in [0.2, 0.25) is 35.4 Å². The molecule has 0 fully saturated rings. The second kappa shape index (κ2) is 40.9. The van der Waals surface area contributed by atoms with Crippen molar-refractivity contribution in [3.63, 3.8) is 0 Å². The van der Waals surface area contributed by atoms with Crippen LogP contribution < -0.4 is 43.4 Å². The molecule has 1 aromatic heterocycles. The first-order valence-electron chi connectivity index (χ1n) is 25.0. The normalized spacial score (nSPS) is 11.9. The Morgan fingerprint density at radius 2 is 0.829 bits per heavy atom. The fraction of sp³-hybridized carbons (Fsp3) is 0.592. The number of nitrogens with one attached hydrogen (secondary N) is 6. The third kappa shape index (κ3) is 32.8. The topological polar surface area (TPSA) is 372 Å². The van der Waals surface area contributed by atoms with Crippen LogP contribution in [-0.4, -0.2) is 218 Å². The molecule has 12 N–H and O–H groups in total. The molecule has 0 radical (unpaired) electrons. The van der Waals surface area contributed by atoms with Gasteiger partial charge in [-0.25, -0.2) is 4.68 Å². The number of carbonyl (C=O) groups excluding carboxylic acids is 6. The molecule has 76 heavy (non-hydrogen) atoms. The lowest BCUT2D eigenvalue weighted by atomic mass is 10.1. The Labute approximate surface area is 442 Å². The number of rotatable bonds is 45. The smallest absolute Gasteiger partial charge is 0.246 e. The minimum Gasteiger partial charge on any atom is -0.508 e. The van der Waals surface area contributed by atoms with Gasteiger partial charge in [0, 0.05) is 70.4 Å². The van der Waals surface area contributed by atoms with Gasteiger partial charge in [-0.1, -0.05) is 29.5 Å². The summed E-state index contributed by atoms with van der Waals surface area (Å²) in [5.41, 5.74) is 14.0. The fourth-order valence-electron chi connectivity index (χ4n) is 6.51. The highest BCUT2D eigenvalue weighted by atomic mass is 16.5. The number of hydrogen-bond donors (Lipinski definition) is 10. The van der Waals surface area contributed by atoms with Crippen molar-refractivity contribution in [1.29, 1.82) is 0 Å². The maximum Gasteiger partial charge on any atom is 0.246 e. The van der Waals surface area contributed by atoms with Crippen molar-refractivity contribution in [3.8, 4) is 11.5 Å². The molecule has 2 atom stereocenters. The first-order valence-corrected chi connectivity index (χ1v) is 25.0. The summed E-state index contributed by atoms with van der Waals surface area (Å²) in [7, 11) is 0. The number of aromatic hydroxyl groups is 2. The van der Waals surface area contributed by atoms with Crippen LogP contribution in [0.4, 0.5) is 0 Å². The number of nitrogens with zero attached hydrogens (tertiary/aromatic N) is 3. The largest absolute Gasteiger partial charge is 0.508 e. The van der Waals surface area contributed by atoms with Gasteiger partial charge in [-0.2, -0.15) is 0 Å². The molecule has 6 amide bonds. The second-order valence-corrected chi connectivity index (χ2v) is 16.7. The Morgan fingerprint density at radius 3 is 1.22 bits per heavy atom. The first-order chi connectivity index (χ1) is 36.9. The summed E-state index contributed by atoms with van der Waals surface area (Å²) in [4.78, 5) is 72.9. The van der Waals surface area contributed by atoms with Gasteiger partial charge in [0.25, 0.3) is 0 Å². The van der Waals surface area contributed by atoms with Crippen molar-refractivity contribution in [1.82, 2.24) is 46.9 Å². The van der Waals surface area contributed by atoms with E-state index in [0.29, 0.717) is 25.0 Å². The Bertz CT molecular complexity index is 2090. The lowest BCUT2D eigenvalue weighted by Crippen LogP contribution is -2.43. The van der Waals surface area contributed by atoms with Crippen molar-refractivity contribution >= 4 is 35.4 Å². The summed E-state index contributed by atoms with van der Waals surface area (Å²) in [6, 6.07) is 12.8. The molecule has 0 saturated heterocycles. The average Bonchev–Trinajstić information content (AvgIpc) is 3.86. The van der Waals surface area contributed by atoms with Crippen LogP contribution in [0.2, 0.25) is 0 Å². The number of aryl methyl sites for hydroxylation is 1. The van der Waals surface area contributed by atoms with Crippen LogP contribution in [0, 0.1) is 0 Å². The molecule has 0 aliphatic rings. The lowest BCUT2D eigenvalue weighted by molar-refractivity contribution is -0.128. The molecule has 3 aromatic rings. The van der Waals surface area contributed by atoms with Gasteiger partial charge in [-0.3, -0.25) is 28.8 Å². The molecule has 3 rings (SSSR count). The summed E-state index contributed by atoms with van der Waals surface area (Å²) >= 11 is 0. The zero-order valence-corrected chi connectivity index (χ0v) is 43.0. The Kier molecular flexibility index (Phi) is 34.3. The van der Waals surface area contributed by atoms with Crippen LogP contribution in [0.25, 0.3) is 0 Å². The number of ether oxygens (including phenoxy) is 8. The number of nitrogens with two attached hydrogens (primary N) is 2. The molecule has 424 valence electrons. The first kappa shape index (κ1) is 63.9. The van der Waals surface area contributed by atoms with Crippen LogP contribution in [0.5, 0.6) is 11.5 Å². The van der Waals surface area contributed by atoms with Crippen LogP contribution in [0.15, 0.2) is 54.7 Å². The standard InChI is InChI=1S/C49H77N11O16/c50-29-40(27-37-1-6-42(61)7-2-37)56-48(67)35-75-25-21-71-17-13-54-46(65)33-73-23-19-69-15-11-52-44(63)10-5-39-31-60(59-58-39)32-45(64)53-12-16-70-20-24-74-34-47(66)55-14-18-72-22-26-76-36-49(68)57-41(30-51)28-38-3-8-43(62)9-4-38/h1-4,6-9,31,40-41,61-62H,5,10-30,32-36,50-51H2,(H,52,63)(H,53,64)(H,54,65)(H,55,66)(H,56,67)(H,57,68)/t40-,41?/m0/s1. The van der Waals surface area contributed by atoms with E-state index in [4.69, 9.17) is 49.4 Å². The summed E-state index contributed by atoms with van der Waals surface area (Å²) in [6.07, 6.45) is 3.12. The zero-order valence-electron chi connectivity index (χ0n) is 43.0. The number of carbonyl (C=O) groups is 6. The van der Waals surface area contributed by atoms with Gasteiger partial charge in [-0.15, -0.1) is 5.10 Å². The molecule has 0 saturated carbocycles. The van der Waals surface area contributed by atoms with Crippen molar-refractivity contribution < 1.29 is 76.9 Å². The van der Waals surface area contributed by atoms with Crippen molar-refractivity contribution in [2.75, 3.05) is 145 Å². The molecule has 27 nitrogen and oxygen atoms in total. The lowest BCUT2D eigenvalue weighted by Gasteiger charge is -2.17. The predicted octanol–water partition coefficient (Wildman–Crippen LogP) is -3.41. The van der Waals surface area contributed by atoms with Gasteiger partial charge in [0.1, 0.15) is 44.5 Å². The number of amides is 6. The van der Waals surface area contributed by atoms with Gasteiger partial charge < -0.3 is 91.5 Å². The number of phenolic OH excluding ortho intramolecular Hbond substituents is 2. The van der Waals surface area contributed by atoms with E-state index < -0.39 is 0 Å². The third-order valence-electron chi connectivity index (χ3n) is 10.3. The SMILES string of the molecule is NCC(Cc1ccc(O)cc1)NC(=O)COCCOCCNC(=O)COCCOCCNC(=O)Cn1cc(CCC(=O)NCCOCCOCC(=O)NCCOCCOCC(=O)N[C@H](CN)Cc2ccc(O)cc2)nn1. The molecule has 27 heteroatoms. The monoisotopic (exact) mass is 1080 g/mol. The average molecular weight is 1080 g/mol. The molecule has 0 spiro atoms. The van der Waals surface area contributed by atoms with Crippen LogP contribution in [-0.2, 0) is 92.5 Å². The number of aromatic nitrogens is 3. The van der Waals surface area contributed by atoms with E-state index in [1.54, 1.807) is 54.7 Å². The summed E-state index contributed by atoms with van der Waals surface area (Å²) in [5, 5.41) is 43.2. The summed E-state index contributed by atoms with van der Waals surface area (Å²) in [6.45, 7) is 3.50. The molecular formula is C49H77N11O16. The highest BCUT2D eigenvalue weighted by Crippen LogP contribution is 2.12. The van der Waals surface area contributed by atoms with Crippen molar-refractivity contribution in [2.45, 2.75) is 44.3 Å². The predicted molar refractivity (Wildman–Crippen MR) is 273 cm³/mol. The fourth-order valence-corrected chi connectivity index (χ4v) is 6.51. The minimum atomic E-state index is -0.321. The number of benzene rings is 2. The highest BCUT2D eigenvalue weighted by molar-refractivity contribution is 5.79. The third-order valence-corrected chi connectivity index (χ3v) is 10.3. The quantitative estimate of drug-likeness (QED) is 0.0247. The molecule has 0 aliphatic carbocycles. The Hall–Kier alpha value is -6.40. The Morgan fingerprint density at radius 1 is 0.474 bits per heavy atom. The molecule has 2 aromatic carbocycles. The highest BCUT2D eigenvalue weighted by Gasteiger charge is 2.14. The van der Waals surface area contributed by atoms with Crippen molar-refractivity contribution in [3.05, 3.63) is 71.5 Å². The summed E-state index contributed by atoms with van der Waals surface area (Å²) in [5.74, 6) is -1.42. The van der Waals surface area contributed by atoms with E-state index in [1.165, 1.54) is 4.68 Å². The zero-order chi connectivity index (χ0) is 54.9. The molecule has 0 bridgehead atoms. The second-order valence-electron chi connectivity index (χ2n) is 16.7. The van der Waals surface area contributed by atoms with E-state index >= 15 is 0 Å². The van der Waals surface area contributed by atoms with Crippen LogP contribution >= 0.6 is 0 Å². The van der Waals surface area contributed by atoms with Crippen LogP contribution in [0.1, 0.15) is 23.2 Å². The molecule has 1 heterocycles. The van der Waals surface area contributed by atoms with E-state index in [2.05, 4.69) is 42.2 Å². The van der Waals surface area contributed by atoms with Gasteiger partial charge in [-0.05, 0) is 48.2 Å². The van der Waals surface area contributed by atoms with E-state index in [1.807, 2.05) is 0 Å². The van der Waals surface area contributed by atoms with Gasteiger partial charge >= 0.3 is 0 Å². The van der Waals surface area contributed by atoms with Gasteiger partial charge in [0.15, 0.2) is 0 Å².